The van der Waals surface area contributed by atoms with Crippen molar-refractivity contribution < 1.29 is 4.79 Å². The minimum absolute atomic E-state index is 0.108. The highest BCUT2D eigenvalue weighted by Gasteiger charge is 2.22. The van der Waals surface area contributed by atoms with Crippen molar-refractivity contribution in [3.63, 3.8) is 0 Å². The number of piperidine rings is 1. The van der Waals surface area contributed by atoms with Gasteiger partial charge in [-0.05, 0) is 61.1 Å². The zero-order chi connectivity index (χ0) is 19.7. The molecule has 0 radical (unpaired) electrons. The molecule has 1 fully saturated rings. The molecule has 0 unspecified atom stereocenters. The van der Waals surface area contributed by atoms with E-state index < -0.39 is 0 Å². The van der Waals surface area contributed by atoms with E-state index in [1.807, 2.05) is 55.3 Å². The fourth-order valence-corrected chi connectivity index (χ4v) is 3.99. The number of aryl methyl sites for hydroxylation is 1. The third-order valence-electron chi connectivity index (χ3n) is 5.39. The minimum atomic E-state index is 0.108. The van der Waals surface area contributed by atoms with Crippen LogP contribution in [0.3, 0.4) is 0 Å². The number of nitrogens with two attached hydrogens (primary N) is 1. The second-order valence-corrected chi connectivity index (χ2v) is 7.26. The van der Waals surface area contributed by atoms with Crippen molar-refractivity contribution in [1.82, 2.24) is 14.9 Å². The summed E-state index contributed by atoms with van der Waals surface area (Å²) in [5.74, 6) is 1.03. The number of nitrogens with zero attached hydrogens (tertiary/aromatic N) is 3. The predicted octanol–water partition coefficient (Wildman–Crippen LogP) is 3.86. The molecule has 1 saturated heterocycles. The third-order valence-corrected chi connectivity index (χ3v) is 5.39. The van der Waals surface area contributed by atoms with Gasteiger partial charge in [0, 0.05) is 31.1 Å². The lowest BCUT2D eigenvalue weighted by molar-refractivity contribution is 0.0725. The first kappa shape index (κ1) is 18.2. The van der Waals surface area contributed by atoms with Gasteiger partial charge in [-0.1, -0.05) is 18.2 Å². The summed E-state index contributed by atoms with van der Waals surface area (Å²) in [7, 11) is 1.81. The molecule has 144 valence electrons. The Morgan fingerprint density at radius 3 is 2.64 bits per heavy atom. The largest absolute Gasteiger partial charge is 0.372 e. The molecule has 28 heavy (non-hydrogen) atoms. The highest BCUT2D eigenvalue weighted by Crippen LogP contribution is 2.32. The van der Waals surface area contributed by atoms with Crippen LogP contribution in [0.15, 0.2) is 36.4 Å². The number of rotatable bonds is 3. The quantitative estimate of drug-likeness (QED) is 0.726. The number of nitrogens with one attached hydrogen (secondary N) is 1. The number of hydrogen-bond acceptors (Lipinski definition) is 5. The molecular weight excluding hydrogens is 350 g/mol. The lowest BCUT2D eigenvalue weighted by atomic mass is 9.93. The molecule has 1 amide bonds. The first-order valence-electron chi connectivity index (χ1n) is 9.73. The van der Waals surface area contributed by atoms with Crippen LogP contribution < -0.4 is 11.1 Å². The maximum Gasteiger partial charge on any atom is 0.254 e. The molecule has 2 heterocycles. The molecule has 2 aromatic carbocycles. The van der Waals surface area contributed by atoms with Crippen LogP contribution >= 0.6 is 0 Å². The van der Waals surface area contributed by atoms with Crippen molar-refractivity contribution in [2.75, 3.05) is 31.2 Å². The molecule has 0 spiro atoms. The van der Waals surface area contributed by atoms with Crippen LogP contribution in [-0.2, 0) is 0 Å². The van der Waals surface area contributed by atoms with Crippen LogP contribution in [0, 0.1) is 6.92 Å². The number of aromatic nitrogens is 2. The van der Waals surface area contributed by atoms with E-state index in [-0.39, 0.29) is 11.9 Å². The monoisotopic (exact) mass is 375 g/mol. The highest BCUT2D eigenvalue weighted by atomic mass is 16.2. The second kappa shape index (κ2) is 7.46. The number of benzene rings is 2. The highest BCUT2D eigenvalue weighted by molar-refractivity contribution is 6.03. The Labute approximate surface area is 164 Å². The van der Waals surface area contributed by atoms with E-state index in [1.54, 1.807) is 0 Å². The molecule has 0 bridgehead atoms. The average Bonchev–Trinajstić information content (AvgIpc) is 2.72. The van der Waals surface area contributed by atoms with Gasteiger partial charge in [-0.2, -0.15) is 4.98 Å². The van der Waals surface area contributed by atoms with Gasteiger partial charge in [0.1, 0.15) is 5.82 Å². The van der Waals surface area contributed by atoms with E-state index in [1.165, 1.54) is 6.42 Å². The van der Waals surface area contributed by atoms with Crippen LogP contribution in [0.1, 0.15) is 35.2 Å². The van der Waals surface area contributed by atoms with Crippen molar-refractivity contribution >= 4 is 28.6 Å². The molecule has 4 rings (SSSR count). The zero-order valence-corrected chi connectivity index (χ0v) is 16.3. The van der Waals surface area contributed by atoms with Gasteiger partial charge in [-0.15, -0.1) is 0 Å². The second-order valence-electron chi connectivity index (χ2n) is 7.26. The van der Waals surface area contributed by atoms with E-state index in [0.29, 0.717) is 5.82 Å². The lowest BCUT2D eigenvalue weighted by Crippen LogP contribution is -2.35. The predicted molar refractivity (Wildman–Crippen MR) is 113 cm³/mol. The molecule has 0 atom stereocenters. The summed E-state index contributed by atoms with van der Waals surface area (Å²) in [4.78, 5) is 23.8. The summed E-state index contributed by atoms with van der Waals surface area (Å²) in [5.41, 5.74) is 10.4. The van der Waals surface area contributed by atoms with Gasteiger partial charge in [-0.3, -0.25) is 4.79 Å². The van der Waals surface area contributed by atoms with Gasteiger partial charge in [0.2, 0.25) is 5.95 Å². The molecule has 1 aromatic heterocycles. The van der Waals surface area contributed by atoms with Gasteiger partial charge in [0.15, 0.2) is 0 Å². The first-order chi connectivity index (χ1) is 13.6. The molecule has 3 aromatic rings. The summed E-state index contributed by atoms with van der Waals surface area (Å²) in [6, 6.07) is 11.9. The smallest absolute Gasteiger partial charge is 0.254 e. The summed E-state index contributed by atoms with van der Waals surface area (Å²) in [6.45, 7) is 3.71. The number of amides is 1. The van der Waals surface area contributed by atoms with Gasteiger partial charge in [-0.25, -0.2) is 4.98 Å². The molecule has 6 heteroatoms. The van der Waals surface area contributed by atoms with Crippen LogP contribution in [-0.4, -0.2) is 40.9 Å². The van der Waals surface area contributed by atoms with Gasteiger partial charge < -0.3 is 16.0 Å². The topological polar surface area (TPSA) is 84.1 Å². The lowest BCUT2D eigenvalue weighted by Gasteiger charge is -2.28. The number of fused-ring (bicyclic) bond motifs is 1. The van der Waals surface area contributed by atoms with Crippen molar-refractivity contribution in [1.29, 1.82) is 0 Å². The Balaban J connectivity index is 1.84. The number of nitrogen functional groups attached to an aromatic ring is 1. The number of likely N-dealkylation sites (tertiary alicyclic amines) is 1. The molecule has 1 aliphatic heterocycles. The average molecular weight is 375 g/mol. The zero-order valence-electron chi connectivity index (χ0n) is 16.3. The number of carbonyl (C=O) groups is 1. The Kier molecular flexibility index (Phi) is 4.86. The van der Waals surface area contributed by atoms with E-state index in [2.05, 4.69) is 15.3 Å². The normalized spacial score (nSPS) is 14.3. The Morgan fingerprint density at radius 2 is 1.89 bits per heavy atom. The van der Waals surface area contributed by atoms with Crippen molar-refractivity contribution in [3.8, 4) is 11.1 Å². The number of carbonyl (C=O) groups excluding carboxylic acids is 1. The number of anilines is 2. The van der Waals surface area contributed by atoms with Crippen molar-refractivity contribution in [2.45, 2.75) is 26.2 Å². The summed E-state index contributed by atoms with van der Waals surface area (Å²) >= 11 is 0. The molecule has 6 nitrogen and oxygen atoms in total. The van der Waals surface area contributed by atoms with E-state index in [9.17, 15) is 4.79 Å². The Morgan fingerprint density at radius 1 is 1.11 bits per heavy atom. The van der Waals surface area contributed by atoms with Crippen LogP contribution in [0.5, 0.6) is 0 Å². The maximum absolute atomic E-state index is 13.2. The molecular formula is C22H25N5O. The van der Waals surface area contributed by atoms with Crippen LogP contribution in [0.2, 0.25) is 0 Å². The molecule has 3 N–H and O–H groups in total. The first-order valence-corrected chi connectivity index (χ1v) is 9.73. The summed E-state index contributed by atoms with van der Waals surface area (Å²) in [6.07, 6.45) is 3.35. The molecule has 0 saturated carbocycles. The third kappa shape index (κ3) is 3.26. The van der Waals surface area contributed by atoms with Crippen LogP contribution in [0.25, 0.3) is 22.0 Å². The van der Waals surface area contributed by atoms with E-state index in [4.69, 9.17) is 5.73 Å². The van der Waals surface area contributed by atoms with E-state index >= 15 is 0 Å². The van der Waals surface area contributed by atoms with Crippen molar-refractivity contribution in [3.05, 3.63) is 47.5 Å². The Bertz CT molecular complexity index is 1040. The fourth-order valence-electron chi connectivity index (χ4n) is 3.99. The SMILES string of the molecule is CNc1nc(N)nc2cc(-c3c(C)cccc3C(=O)N3CCCCC3)ccc12. The minimum Gasteiger partial charge on any atom is -0.372 e. The van der Waals surface area contributed by atoms with Crippen molar-refractivity contribution in [2.24, 2.45) is 0 Å². The van der Waals surface area contributed by atoms with Crippen LogP contribution in [0.4, 0.5) is 11.8 Å². The molecule has 1 aliphatic rings. The summed E-state index contributed by atoms with van der Waals surface area (Å²) in [5, 5.41) is 3.96. The van der Waals surface area contributed by atoms with Gasteiger partial charge in [0.05, 0.1) is 5.52 Å². The van der Waals surface area contributed by atoms with Gasteiger partial charge in [0.25, 0.3) is 5.91 Å². The van der Waals surface area contributed by atoms with E-state index in [0.717, 1.165) is 59.1 Å². The van der Waals surface area contributed by atoms with Gasteiger partial charge >= 0.3 is 0 Å². The standard InChI is InChI=1S/C22H25N5O/c1-14-7-6-8-17(21(28)27-11-4-3-5-12-27)19(14)15-9-10-16-18(13-15)25-22(23)26-20(16)24-2/h6-10,13H,3-5,11-12H2,1-2H3,(H3,23,24,25,26). The number of hydrogen-bond donors (Lipinski definition) is 2. The maximum atomic E-state index is 13.2. The Hall–Kier alpha value is -3.15. The molecule has 0 aliphatic carbocycles. The summed E-state index contributed by atoms with van der Waals surface area (Å²) < 4.78 is 0. The fraction of sp³-hybridized carbons (Fsp3) is 0.318.